The first kappa shape index (κ1) is 26.0. The predicted octanol–water partition coefficient (Wildman–Crippen LogP) is 4.96. The maximum Gasteiger partial charge on any atom is 0.120 e. The summed E-state index contributed by atoms with van der Waals surface area (Å²) in [4.78, 5) is 0. The summed E-state index contributed by atoms with van der Waals surface area (Å²) in [5, 5.41) is 20.1. The zero-order valence-corrected chi connectivity index (χ0v) is 20.4. The fourth-order valence-corrected chi connectivity index (χ4v) is 4.80. The van der Waals surface area contributed by atoms with Crippen LogP contribution in [0.2, 0.25) is 5.02 Å². The molecule has 2 N–H and O–H groups in total. The molecule has 0 heterocycles. The predicted molar refractivity (Wildman–Crippen MR) is 128 cm³/mol. The molecule has 170 valence electrons. The third kappa shape index (κ3) is 8.71. The van der Waals surface area contributed by atoms with Crippen LogP contribution >= 0.6 is 30.5 Å². The molecule has 2 rings (SSSR count). The summed E-state index contributed by atoms with van der Waals surface area (Å²) < 4.78 is 17.0. The van der Waals surface area contributed by atoms with E-state index in [-0.39, 0.29) is 36.8 Å². The van der Waals surface area contributed by atoms with Gasteiger partial charge in [-0.2, -0.15) is 0 Å². The maximum atomic E-state index is 10.6. The topological polar surface area (TPSA) is 68.2 Å². The fraction of sp³-hybridized carbons (Fsp3) is 0.636. The van der Waals surface area contributed by atoms with E-state index in [9.17, 15) is 5.11 Å². The molecule has 1 fully saturated rings. The Morgan fingerprint density at radius 2 is 2.03 bits per heavy atom. The number of benzene rings is 1. The molecule has 30 heavy (non-hydrogen) atoms. The van der Waals surface area contributed by atoms with E-state index >= 15 is 0 Å². The highest BCUT2D eigenvalue weighted by Gasteiger charge is 2.41. The number of aliphatic hydroxyl groups excluding tert-OH is 2. The molecule has 1 saturated carbocycles. The zero-order valence-electron chi connectivity index (χ0n) is 17.4. The molecule has 0 aromatic heterocycles. The van der Waals surface area contributed by atoms with Crippen molar-refractivity contribution in [2.45, 2.75) is 63.3 Å². The number of hydrogen-bond acceptors (Lipinski definition) is 5. The minimum Gasteiger partial charge on any atom is -0.491 e. The average Bonchev–Trinajstić information content (AvgIpc) is 3.05. The highest BCUT2D eigenvalue weighted by Crippen LogP contribution is 2.41. The number of hydrogen-bond donors (Lipinski definition) is 2. The van der Waals surface area contributed by atoms with E-state index in [0.717, 1.165) is 44.3 Å². The Morgan fingerprint density at radius 3 is 2.73 bits per heavy atom. The second kappa shape index (κ2) is 14.7. The third-order valence-electron chi connectivity index (χ3n) is 5.77. The van der Waals surface area contributed by atoms with Crippen molar-refractivity contribution in [2.24, 2.45) is 11.8 Å². The van der Waals surface area contributed by atoms with Gasteiger partial charge >= 0.3 is 0 Å². The SMILES string of the molecule is OCCCC/C=C/CC1C(O)CC(OP)C1CCC(COc1cccc(Cl)c1)OP. The van der Waals surface area contributed by atoms with Gasteiger partial charge in [0.15, 0.2) is 0 Å². The van der Waals surface area contributed by atoms with E-state index in [1.807, 2.05) is 18.2 Å². The van der Waals surface area contributed by atoms with Crippen molar-refractivity contribution in [1.82, 2.24) is 0 Å². The Kier molecular flexibility index (Phi) is 12.8. The zero-order chi connectivity index (χ0) is 21.8. The lowest BCUT2D eigenvalue weighted by atomic mass is 9.86. The Hall–Kier alpha value is -0.250. The molecule has 0 amide bonds. The van der Waals surface area contributed by atoms with Crippen molar-refractivity contribution < 1.29 is 24.0 Å². The number of aliphatic hydroxyl groups is 2. The van der Waals surface area contributed by atoms with Gasteiger partial charge in [0.25, 0.3) is 0 Å². The second-order valence-corrected chi connectivity index (χ2v) is 8.82. The van der Waals surface area contributed by atoms with Crippen molar-refractivity contribution in [3.05, 3.63) is 41.4 Å². The largest absolute Gasteiger partial charge is 0.491 e. The quantitative estimate of drug-likeness (QED) is 0.226. The normalized spacial score (nSPS) is 25.1. The lowest BCUT2D eigenvalue weighted by molar-refractivity contribution is 0.0972. The maximum absolute atomic E-state index is 10.6. The Bertz CT molecular complexity index is 633. The van der Waals surface area contributed by atoms with Crippen LogP contribution in [0.25, 0.3) is 0 Å². The van der Waals surface area contributed by atoms with Crippen LogP contribution in [0.3, 0.4) is 0 Å². The van der Waals surface area contributed by atoms with Gasteiger partial charge in [0, 0.05) is 37.0 Å². The third-order valence-corrected chi connectivity index (χ3v) is 6.74. The van der Waals surface area contributed by atoms with Gasteiger partial charge in [-0.05, 0) is 68.6 Å². The van der Waals surface area contributed by atoms with E-state index in [1.165, 1.54) is 0 Å². The minimum absolute atomic E-state index is 0.0248. The number of allylic oxidation sites excluding steroid dienone is 2. The van der Waals surface area contributed by atoms with Gasteiger partial charge in [-0.3, -0.25) is 0 Å². The lowest BCUT2D eigenvalue weighted by Gasteiger charge is -2.26. The van der Waals surface area contributed by atoms with Gasteiger partial charge in [0.1, 0.15) is 12.4 Å². The monoisotopic (exact) mass is 476 g/mol. The molecule has 7 atom stereocenters. The van der Waals surface area contributed by atoms with Gasteiger partial charge in [0.05, 0.1) is 18.3 Å². The summed E-state index contributed by atoms with van der Waals surface area (Å²) >= 11 is 6.01. The Morgan fingerprint density at radius 1 is 1.20 bits per heavy atom. The number of ether oxygens (including phenoxy) is 1. The van der Waals surface area contributed by atoms with E-state index in [1.54, 1.807) is 6.07 Å². The van der Waals surface area contributed by atoms with E-state index in [4.69, 9.17) is 30.5 Å². The van der Waals surface area contributed by atoms with Crippen LogP contribution in [0.15, 0.2) is 36.4 Å². The summed E-state index contributed by atoms with van der Waals surface area (Å²) in [6.07, 6.45) is 9.86. The number of rotatable bonds is 14. The molecule has 1 aliphatic rings. The van der Waals surface area contributed by atoms with Crippen molar-refractivity contribution in [2.75, 3.05) is 13.2 Å². The van der Waals surface area contributed by atoms with Crippen LogP contribution in [0, 0.1) is 11.8 Å². The molecule has 5 nitrogen and oxygen atoms in total. The van der Waals surface area contributed by atoms with Crippen molar-refractivity contribution in [3.63, 3.8) is 0 Å². The van der Waals surface area contributed by atoms with Gasteiger partial charge in [-0.25, -0.2) is 0 Å². The smallest absolute Gasteiger partial charge is 0.120 e. The van der Waals surface area contributed by atoms with Gasteiger partial charge in [0.2, 0.25) is 0 Å². The average molecular weight is 477 g/mol. The molecule has 0 aliphatic heterocycles. The molecular weight excluding hydrogens is 442 g/mol. The van der Waals surface area contributed by atoms with Gasteiger partial charge in [-0.1, -0.05) is 29.8 Å². The summed E-state index contributed by atoms with van der Waals surface area (Å²) in [5.41, 5.74) is 0. The van der Waals surface area contributed by atoms with E-state index in [0.29, 0.717) is 18.1 Å². The molecule has 1 aliphatic carbocycles. The first-order chi connectivity index (χ1) is 14.6. The van der Waals surface area contributed by atoms with E-state index in [2.05, 4.69) is 31.1 Å². The Balaban J connectivity index is 1.86. The van der Waals surface area contributed by atoms with Crippen LogP contribution in [-0.4, -0.2) is 41.7 Å². The summed E-state index contributed by atoms with van der Waals surface area (Å²) in [5.74, 6) is 1.15. The molecule has 1 aromatic carbocycles. The number of unbranched alkanes of at least 4 members (excludes halogenated alkanes) is 2. The first-order valence-electron chi connectivity index (χ1n) is 10.6. The standard InChI is InChI=1S/C22H35ClO5P2/c23-16-7-6-8-17(13-16)26-15-18(27-29)10-11-20-19(21(25)14-22(20)28-30)9-4-2-1-3-5-12-24/h2,4,6-8,13,18-22,24-25H,1,3,5,9-12,14-15,29-30H2/b4-2+. The molecule has 0 saturated heterocycles. The molecule has 0 bridgehead atoms. The van der Waals surface area contributed by atoms with E-state index < -0.39 is 0 Å². The van der Waals surface area contributed by atoms with Crippen molar-refractivity contribution >= 4 is 30.5 Å². The highest BCUT2D eigenvalue weighted by molar-refractivity contribution is 7.10. The first-order valence-corrected chi connectivity index (χ1v) is 11.9. The van der Waals surface area contributed by atoms with Crippen molar-refractivity contribution in [3.8, 4) is 5.75 Å². The number of halogens is 1. The molecular formula is C22H35ClO5P2. The highest BCUT2D eigenvalue weighted by atomic mass is 35.5. The molecule has 0 radical (unpaired) electrons. The van der Waals surface area contributed by atoms with Crippen LogP contribution < -0.4 is 4.74 Å². The van der Waals surface area contributed by atoms with Crippen LogP contribution in [0.1, 0.15) is 44.9 Å². The van der Waals surface area contributed by atoms with Crippen LogP contribution in [0.5, 0.6) is 5.75 Å². The van der Waals surface area contributed by atoms with Crippen molar-refractivity contribution in [1.29, 1.82) is 0 Å². The summed E-state index contributed by atoms with van der Waals surface area (Å²) in [6.45, 7) is 0.672. The van der Waals surface area contributed by atoms with Gasteiger partial charge in [-0.15, -0.1) is 0 Å². The molecule has 0 spiro atoms. The lowest BCUT2D eigenvalue weighted by Crippen LogP contribution is -2.26. The minimum atomic E-state index is -0.360. The van der Waals surface area contributed by atoms with Crippen LogP contribution in [0.4, 0.5) is 0 Å². The van der Waals surface area contributed by atoms with Gasteiger partial charge < -0.3 is 24.0 Å². The van der Waals surface area contributed by atoms with Crippen LogP contribution in [-0.2, 0) is 9.05 Å². The summed E-state index contributed by atoms with van der Waals surface area (Å²) in [6, 6.07) is 7.33. The fourth-order valence-electron chi connectivity index (χ4n) is 4.10. The Labute approximate surface area is 190 Å². The molecule has 7 unspecified atom stereocenters. The second-order valence-electron chi connectivity index (χ2n) is 7.84. The molecule has 8 heteroatoms. The summed E-state index contributed by atoms with van der Waals surface area (Å²) in [7, 11) is 4.69. The molecule has 1 aromatic rings.